The van der Waals surface area contributed by atoms with Crippen LogP contribution in [0, 0.1) is 19.7 Å². The molecule has 0 saturated carbocycles. The Labute approximate surface area is 149 Å². The summed E-state index contributed by atoms with van der Waals surface area (Å²) in [5, 5.41) is 11.5. The lowest BCUT2D eigenvalue weighted by atomic mass is 9.77. The van der Waals surface area contributed by atoms with Crippen LogP contribution in [0.4, 0.5) is 4.39 Å². The average molecular weight is 339 g/mol. The fourth-order valence-corrected chi connectivity index (χ4v) is 5.22. The van der Waals surface area contributed by atoms with Crippen molar-refractivity contribution >= 4 is 0 Å². The molecule has 2 fully saturated rings. The summed E-state index contributed by atoms with van der Waals surface area (Å²) in [6, 6.07) is 14.5. The molecule has 1 N–H and O–H groups in total. The third-order valence-electron chi connectivity index (χ3n) is 6.09. The first-order chi connectivity index (χ1) is 12.0. The van der Waals surface area contributed by atoms with E-state index in [1.807, 2.05) is 19.9 Å². The van der Waals surface area contributed by atoms with Crippen molar-refractivity contribution in [1.29, 1.82) is 0 Å². The van der Waals surface area contributed by atoms with Crippen molar-refractivity contribution in [1.82, 2.24) is 4.90 Å². The molecule has 25 heavy (non-hydrogen) atoms. The Morgan fingerprint density at radius 1 is 1.04 bits per heavy atom. The van der Waals surface area contributed by atoms with Crippen molar-refractivity contribution in [3.63, 3.8) is 0 Å². The Hall–Kier alpha value is -1.71. The van der Waals surface area contributed by atoms with E-state index in [0.717, 1.165) is 48.9 Å². The molecule has 132 valence electrons. The highest BCUT2D eigenvalue weighted by molar-refractivity contribution is 5.40. The van der Waals surface area contributed by atoms with Crippen molar-refractivity contribution < 1.29 is 9.50 Å². The second kappa shape index (κ2) is 6.22. The van der Waals surface area contributed by atoms with E-state index in [0.29, 0.717) is 12.1 Å². The van der Waals surface area contributed by atoms with Gasteiger partial charge >= 0.3 is 0 Å². The lowest BCUT2D eigenvalue weighted by Crippen LogP contribution is -2.49. The predicted molar refractivity (Wildman–Crippen MR) is 97.8 cm³/mol. The van der Waals surface area contributed by atoms with E-state index in [1.165, 1.54) is 5.56 Å². The summed E-state index contributed by atoms with van der Waals surface area (Å²) in [5.74, 6) is -0.216. The van der Waals surface area contributed by atoms with Gasteiger partial charge in [-0.2, -0.15) is 0 Å². The van der Waals surface area contributed by atoms with Gasteiger partial charge in [0, 0.05) is 18.6 Å². The zero-order chi connectivity index (χ0) is 17.6. The van der Waals surface area contributed by atoms with Crippen LogP contribution in [-0.4, -0.2) is 22.1 Å². The van der Waals surface area contributed by atoms with Gasteiger partial charge in [0.25, 0.3) is 0 Å². The fraction of sp³-hybridized carbons (Fsp3) is 0.455. The van der Waals surface area contributed by atoms with Gasteiger partial charge in [0.15, 0.2) is 0 Å². The Morgan fingerprint density at radius 3 is 2.16 bits per heavy atom. The summed E-state index contributed by atoms with van der Waals surface area (Å²) in [5.41, 5.74) is 3.19. The van der Waals surface area contributed by atoms with Crippen molar-refractivity contribution in [3.05, 3.63) is 70.5 Å². The molecule has 2 aliphatic rings. The van der Waals surface area contributed by atoms with Crippen molar-refractivity contribution in [2.24, 2.45) is 0 Å². The molecule has 0 aromatic heterocycles. The molecule has 4 rings (SSSR count). The molecule has 3 heteroatoms. The Balaban J connectivity index is 1.61. The molecule has 2 bridgehead atoms. The number of piperidine rings is 1. The molecule has 0 radical (unpaired) electrons. The third kappa shape index (κ3) is 3.00. The number of hydrogen-bond donors (Lipinski definition) is 1. The molecule has 2 aromatic rings. The normalized spacial score (nSPS) is 29.1. The minimum atomic E-state index is -0.832. The lowest BCUT2D eigenvalue weighted by molar-refractivity contribution is -0.0602. The monoisotopic (exact) mass is 339 g/mol. The molecule has 2 aromatic carbocycles. The summed E-state index contributed by atoms with van der Waals surface area (Å²) < 4.78 is 13.7. The largest absolute Gasteiger partial charge is 0.385 e. The third-order valence-corrected chi connectivity index (χ3v) is 6.09. The molecule has 0 spiro atoms. The SMILES string of the molecule is Cc1cc(F)cc(C)c1C1(O)CC2CCC(C1)N2Cc1ccccc1. The first-order valence-electron chi connectivity index (χ1n) is 9.25. The quantitative estimate of drug-likeness (QED) is 0.892. The number of benzene rings is 2. The van der Waals surface area contributed by atoms with Gasteiger partial charge in [0.05, 0.1) is 5.60 Å². The Kier molecular flexibility index (Phi) is 4.17. The zero-order valence-corrected chi connectivity index (χ0v) is 15.0. The summed E-state index contributed by atoms with van der Waals surface area (Å²) in [7, 11) is 0. The highest BCUT2D eigenvalue weighted by atomic mass is 19.1. The van der Waals surface area contributed by atoms with Crippen LogP contribution >= 0.6 is 0 Å². The molecule has 2 heterocycles. The summed E-state index contributed by atoms with van der Waals surface area (Å²) in [6.45, 7) is 4.79. The first kappa shape index (κ1) is 16.7. The molecule has 2 nitrogen and oxygen atoms in total. The highest BCUT2D eigenvalue weighted by Crippen LogP contribution is 2.47. The molecular weight excluding hydrogens is 313 g/mol. The summed E-state index contributed by atoms with van der Waals surface area (Å²) in [6.07, 6.45) is 3.76. The lowest BCUT2D eigenvalue weighted by Gasteiger charge is -2.45. The van der Waals surface area contributed by atoms with E-state index in [2.05, 4.69) is 29.2 Å². The number of aliphatic hydroxyl groups is 1. The van der Waals surface area contributed by atoms with Gasteiger partial charge in [-0.1, -0.05) is 30.3 Å². The molecule has 2 saturated heterocycles. The zero-order valence-electron chi connectivity index (χ0n) is 15.0. The number of fused-ring (bicyclic) bond motifs is 2. The Bertz CT molecular complexity index is 736. The minimum Gasteiger partial charge on any atom is -0.385 e. The number of rotatable bonds is 3. The minimum absolute atomic E-state index is 0.216. The number of hydrogen-bond acceptors (Lipinski definition) is 2. The first-order valence-corrected chi connectivity index (χ1v) is 9.25. The van der Waals surface area contributed by atoms with Crippen LogP contribution in [-0.2, 0) is 12.1 Å². The smallest absolute Gasteiger partial charge is 0.123 e. The van der Waals surface area contributed by atoms with Crippen molar-refractivity contribution in [2.75, 3.05) is 0 Å². The standard InChI is InChI=1S/C22H26FNO/c1-15-10-18(23)11-16(2)21(15)22(25)12-19-8-9-20(13-22)24(19)14-17-6-4-3-5-7-17/h3-7,10-11,19-20,25H,8-9,12-14H2,1-2H3. The van der Waals surface area contributed by atoms with Gasteiger partial charge in [0.1, 0.15) is 5.82 Å². The maximum absolute atomic E-state index is 13.7. The van der Waals surface area contributed by atoms with E-state index in [-0.39, 0.29) is 5.82 Å². The van der Waals surface area contributed by atoms with Crippen LogP contribution in [0.2, 0.25) is 0 Å². The van der Waals surface area contributed by atoms with Gasteiger partial charge in [-0.05, 0) is 73.9 Å². The van der Waals surface area contributed by atoms with E-state index >= 15 is 0 Å². The molecule has 0 amide bonds. The molecule has 2 unspecified atom stereocenters. The van der Waals surface area contributed by atoms with Crippen LogP contribution in [0.3, 0.4) is 0 Å². The van der Waals surface area contributed by atoms with Crippen LogP contribution in [0.1, 0.15) is 47.9 Å². The molecule has 0 aliphatic carbocycles. The fourth-order valence-electron chi connectivity index (χ4n) is 5.22. The van der Waals surface area contributed by atoms with Gasteiger partial charge in [-0.15, -0.1) is 0 Å². The molecule has 2 atom stereocenters. The topological polar surface area (TPSA) is 23.5 Å². The maximum Gasteiger partial charge on any atom is 0.123 e. The average Bonchev–Trinajstić information content (AvgIpc) is 2.79. The van der Waals surface area contributed by atoms with Gasteiger partial charge in [-0.25, -0.2) is 4.39 Å². The maximum atomic E-state index is 13.7. The van der Waals surface area contributed by atoms with Crippen LogP contribution in [0.15, 0.2) is 42.5 Å². The van der Waals surface area contributed by atoms with Gasteiger partial charge in [0.2, 0.25) is 0 Å². The number of aryl methyl sites for hydroxylation is 2. The Morgan fingerprint density at radius 2 is 1.60 bits per heavy atom. The van der Waals surface area contributed by atoms with Crippen LogP contribution in [0.25, 0.3) is 0 Å². The van der Waals surface area contributed by atoms with Gasteiger partial charge in [-0.3, -0.25) is 4.90 Å². The summed E-state index contributed by atoms with van der Waals surface area (Å²) in [4.78, 5) is 2.57. The van der Waals surface area contributed by atoms with Crippen molar-refractivity contribution in [3.8, 4) is 0 Å². The van der Waals surface area contributed by atoms with E-state index in [4.69, 9.17) is 0 Å². The highest BCUT2D eigenvalue weighted by Gasteiger charge is 2.49. The van der Waals surface area contributed by atoms with Gasteiger partial charge < -0.3 is 5.11 Å². The second-order valence-electron chi connectivity index (χ2n) is 7.90. The van der Waals surface area contributed by atoms with Crippen LogP contribution in [0.5, 0.6) is 0 Å². The van der Waals surface area contributed by atoms with E-state index < -0.39 is 5.60 Å². The number of nitrogens with zero attached hydrogens (tertiary/aromatic N) is 1. The molecular formula is C22H26FNO. The predicted octanol–water partition coefficient (Wildman–Crippen LogP) is 4.46. The van der Waals surface area contributed by atoms with Crippen molar-refractivity contribution in [2.45, 2.75) is 63.8 Å². The summed E-state index contributed by atoms with van der Waals surface area (Å²) >= 11 is 0. The van der Waals surface area contributed by atoms with E-state index in [9.17, 15) is 9.50 Å². The molecule has 2 aliphatic heterocycles. The van der Waals surface area contributed by atoms with E-state index in [1.54, 1.807) is 12.1 Å². The number of halogens is 1. The second-order valence-corrected chi connectivity index (χ2v) is 7.90. The van der Waals surface area contributed by atoms with Crippen LogP contribution < -0.4 is 0 Å².